The van der Waals surface area contributed by atoms with E-state index in [1.54, 1.807) is 4.90 Å². The van der Waals surface area contributed by atoms with Crippen LogP contribution in [0, 0.1) is 5.92 Å². The van der Waals surface area contributed by atoms with E-state index in [1.807, 2.05) is 30.3 Å². The number of nitrogens with one attached hydrogen (secondary N) is 1. The first-order chi connectivity index (χ1) is 15.1. The van der Waals surface area contributed by atoms with Crippen molar-refractivity contribution < 1.29 is 32.3 Å². The summed E-state index contributed by atoms with van der Waals surface area (Å²) in [6, 6.07) is 12.1. The molecule has 1 aliphatic rings. The zero-order chi connectivity index (χ0) is 23.3. The summed E-state index contributed by atoms with van der Waals surface area (Å²) >= 11 is 5.83. The second kappa shape index (κ2) is 10.0. The molecular formula is C22H20ClF3N2O4. The summed E-state index contributed by atoms with van der Waals surface area (Å²) in [5.74, 6) is -2.44. The average Bonchev–Trinajstić information content (AvgIpc) is 3.12. The number of hydrogen-bond donors (Lipinski definition) is 1. The minimum absolute atomic E-state index is 0.0191. The Bertz CT molecular complexity index is 998. The van der Waals surface area contributed by atoms with Gasteiger partial charge in [0, 0.05) is 19.5 Å². The quantitative estimate of drug-likeness (QED) is 0.625. The van der Waals surface area contributed by atoms with E-state index < -0.39 is 36.1 Å². The van der Waals surface area contributed by atoms with Gasteiger partial charge in [0.2, 0.25) is 5.91 Å². The summed E-state index contributed by atoms with van der Waals surface area (Å²) in [4.78, 5) is 38.0. The fraction of sp³-hybridized carbons (Fsp3) is 0.318. The molecule has 0 aromatic heterocycles. The number of anilines is 1. The van der Waals surface area contributed by atoms with Crippen LogP contribution in [0.25, 0.3) is 0 Å². The summed E-state index contributed by atoms with van der Waals surface area (Å²) in [5.41, 5.74) is -0.156. The van der Waals surface area contributed by atoms with Crippen molar-refractivity contribution in [2.24, 2.45) is 5.92 Å². The number of esters is 1. The van der Waals surface area contributed by atoms with Crippen molar-refractivity contribution >= 4 is 35.1 Å². The van der Waals surface area contributed by atoms with Crippen LogP contribution in [-0.2, 0) is 31.7 Å². The Balaban J connectivity index is 1.48. The van der Waals surface area contributed by atoms with E-state index in [2.05, 4.69) is 5.32 Å². The first kappa shape index (κ1) is 23.6. The molecule has 2 amide bonds. The molecular weight excluding hydrogens is 449 g/mol. The zero-order valence-corrected chi connectivity index (χ0v) is 17.6. The summed E-state index contributed by atoms with van der Waals surface area (Å²) in [6.07, 6.45) is -3.97. The highest BCUT2D eigenvalue weighted by Crippen LogP contribution is 2.33. The Labute approximate surface area is 187 Å². The van der Waals surface area contributed by atoms with E-state index in [4.69, 9.17) is 16.3 Å². The number of halogens is 4. The lowest BCUT2D eigenvalue weighted by Gasteiger charge is -2.16. The standard InChI is InChI=1S/C22H20ClF3N2O4/c23-17-7-6-16(22(24,25)26)11-18(17)27-19(29)13-32-21(31)15-10-20(30)28(12-15)9-8-14-4-2-1-3-5-14/h1-7,11,15H,8-10,12-13H2,(H,27,29)/t15-/m0/s1. The number of carbonyl (C=O) groups excluding carboxylic acids is 3. The maximum absolute atomic E-state index is 12.8. The molecule has 1 atom stereocenters. The number of amides is 2. The van der Waals surface area contributed by atoms with E-state index in [0.29, 0.717) is 19.0 Å². The Morgan fingerprint density at radius 1 is 1.16 bits per heavy atom. The fourth-order valence-corrected chi connectivity index (χ4v) is 3.46. The van der Waals surface area contributed by atoms with Crippen LogP contribution in [0.4, 0.5) is 18.9 Å². The normalized spacial score (nSPS) is 16.2. The number of rotatable bonds is 7. The highest BCUT2D eigenvalue weighted by Gasteiger charge is 2.35. The van der Waals surface area contributed by atoms with Crippen LogP contribution in [-0.4, -0.2) is 42.4 Å². The molecule has 32 heavy (non-hydrogen) atoms. The van der Waals surface area contributed by atoms with Gasteiger partial charge in [-0.1, -0.05) is 41.9 Å². The first-order valence-corrected chi connectivity index (χ1v) is 10.2. The minimum Gasteiger partial charge on any atom is -0.455 e. The Morgan fingerprint density at radius 2 is 1.88 bits per heavy atom. The molecule has 1 saturated heterocycles. The molecule has 0 unspecified atom stereocenters. The van der Waals surface area contributed by atoms with Gasteiger partial charge in [-0.25, -0.2) is 0 Å². The van der Waals surface area contributed by atoms with Crippen molar-refractivity contribution in [3.8, 4) is 0 Å². The largest absolute Gasteiger partial charge is 0.455 e. The lowest BCUT2D eigenvalue weighted by atomic mass is 10.1. The van der Waals surface area contributed by atoms with Gasteiger partial charge >= 0.3 is 12.1 Å². The van der Waals surface area contributed by atoms with Crippen molar-refractivity contribution in [2.75, 3.05) is 25.0 Å². The zero-order valence-electron chi connectivity index (χ0n) is 16.8. The van der Waals surface area contributed by atoms with Gasteiger partial charge < -0.3 is 15.0 Å². The lowest BCUT2D eigenvalue weighted by molar-refractivity contribution is -0.151. The van der Waals surface area contributed by atoms with Crippen LogP contribution in [0.5, 0.6) is 0 Å². The van der Waals surface area contributed by atoms with Crippen LogP contribution in [0.3, 0.4) is 0 Å². The summed E-state index contributed by atoms with van der Waals surface area (Å²) in [7, 11) is 0. The molecule has 0 radical (unpaired) electrons. The van der Waals surface area contributed by atoms with Crippen LogP contribution >= 0.6 is 11.6 Å². The predicted octanol–water partition coefficient (Wildman–Crippen LogP) is 3.93. The maximum Gasteiger partial charge on any atom is 0.416 e. The number of alkyl halides is 3. The van der Waals surface area contributed by atoms with E-state index in [1.165, 1.54) is 0 Å². The minimum atomic E-state index is -4.60. The van der Waals surface area contributed by atoms with Gasteiger partial charge in [-0.2, -0.15) is 13.2 Å². The maximum atomic E-state index is 12.8. The molecule has 0 bridgehead atoms. The predicted molar refractivity (Wildman–Crippen MR) is 111 cm³/mol. The van der Waals surface area contributed by atoms with E-state index in [-0.39, 0.29) is 29.6 Å². The van der Waals surface area contributed by atoms with Crippen molar-refractivity contribution in [1.82, 2.24) is 4.90 Å². The molecule has 6 nitrogen and oxygen atoms in total. The molecule has 170 valence electrons. The monoisotopic (exact) mass is 468 g/mol. The summed E-state index contributed by atoms with van der Waals surface area (Å²) < 4.78 is 43.4. The van der Waals surface area contributed by atoms with Crippen LogP contribution in [0.2, 0.25) is 5.02 Å². The van der Waals surface area contributed by atoms with E-state index in [0.717, 1.165) is 17.7 Å². The van der Waals surface area contributed by atoms with Gasteiger partial charge in [0.05, 0.1) is 22.2 Å². The van der Waals surface area contributed by atoms with Gasteiger partial charge in [0.1, 0.15) is 0 Å². The Hall–Kier alpha value is -3.07. The molecule has 0 spiro atoms. The molecule has 10 heteroatoms. The highest BCUT2D eigenvalue weighted by molar-refractivity contribution is 6.33. The van der Waals surface area contributed by atoms with Crippen molar-refractivity contribution in [3.63, 3.8) is 0 Å². The first-order valence-electron chi connectivity index (χ1n) is 9.78. The molecule has 1 heterocycles. The van der Waals surface area contributed by atoms with Crippen LogP contribution in [0.15, 0.2) is 48.5 Å². The molecule has 2 aromatic rings. The number of nitrogens with zero attached hydrogens (tertiary/aromatic N) is 1. The van der Waals surface area contributed by atoms with E-state index in [9.17, 15) is 27.6 Å². The van der Waals surface area contributed by atoms with Crippen molar-refractivity contribution in [1.29, 1.82) is 0 Å². The second-order valence-corrected chi connectivity index (χ2v) is 7.73. The van der Waals surface area contributed by atoms with Crippen LogP contribution in [0.1, 0.15) is 17.5 Å². The fourth-order valence-electron chi connectivity index (χ4n) is 3.29. The topological polar surface area (TPSA) is 75.7 Å². The number of hydrogen-bond acceptors (Lipinski definition) is 4. The molecule has 2 aromatic carbocycles. The highest BCUT2D eigenvalue weighted by atomic mass is 35.5. The molecule has 1 N–H and O–H groups in total. The van der Waals surface area contributed by atoms with Crippen molar-refractivity contribution in [3.05, 3.63) is 64.7 Å². The number of carbonyl (C=O) groups is 3. The molecule has 1 aliphatic heterocycles. The Morgan fingerprint density at radius 3 is 2.56 bits per heavy atom. The average molecular weight is 469 g/mol. The smallest absolute Gasteiger partial charge is 0.416 e. The van der Waals surface area contributed by atoms with Crippen LogP contribution < -0.4 is 5.32 Å². The van der Waals surface area contributed by atoms with Gasteiger partial charge in [-0.15, -0.1) is 0 Å². The third-order valence-electron chi connectivity index (χ3n) is 4.97. The summed E-state index contributed by atoms with van der Waals surface area (Å²) in [6.45, 7) is -0.0627. The SMILES string of the molecule is O=C(COC(=O)[C@H]1CC(=O)N(CCc2ccccc2)C1)Nc1cc(C(F)(F)F)ccc1Cl. The third-order valence-corrected chi connectivity index (χ3v) is 5.30. The second-order valence-electron chi connectivity index (χ2n) is 7.32. The van der Waals surface area contributed by atoms with E-state index >= 15 is 0 Å². The molecule has 3 rings (SSSR count). The summed E-state index contributed by atoms with van der Waals surface area (Å²) in [5, 5.41) is 2.11. The molecule has 0 aliphatic carbocycles. The molecule has 0 saturated carbocycles. The molecule has 1 fully saturated rings. The lowest BCUT2D eigenvalue weighted by Crippen LogP contribution is -2.29. The Kier molecular flexibility index (Phi) is 7.40. The number of benzene rings is 2. The van der Waals surface area contributed by atoms with Crippen molar-refractivity contribution in [2.45, 2.75) is 19.0 Å². The van der Waals surface area contributed by atoms with Gasteiger partial charge in [0.25, 0.3) is 5.91 Å². The number of ether oxygens (including phenoxy) is 1. The van der Waals surface area contributed by atoms with Gasteiger partial charge in [0.15, 0.2) is 6.61 Å². The van der Waals surface area contributed by atoms with Gasteiger partial charge in [-0.3, -0.25) is 14.4 Å². The van der Waals surface area contributed by atoms with Gasteiger partial charge in [-0.05, 0) is 30.2 Å². The number of likely N-dealkylation sites (tertiary alicyclic amines) is 1. The third kappa shape index (κ3) is 6.23.